The molecule has 14 nitrogen and oxygen atoms in total. The van der Waals surface area contributed by atoms with Crippen LogP contribution in [0.2, 0.25) is 10.0 Å². The number of anilines is 3. The largest absolute Gasteiger partial charge is 0.337 e. The maximum absolute atomic E-state index is 13.8. The van der Waals surface area contributed by atoms with Crippen molar-refractivity contribution in [3.8, 4) is 0 Å². The molecule has 1 aliphatic rings. The molecule has 1 aromatic heterocycles. The molecule has 1 aliphatic heterocycles. The number of halogens is 4. The van der Waals surface area contributed by atoms with E-state index in [2.05, 4.69) is 30.6 Å². The Balaban J connectivity index is 1.68. The van der Waals surface area contributed by atoms with Gasteiger partial charge >= 0.3 is 6.08 Å². The number of hydrazone groups is 1. The number of carbonyl (C=O) groups excluding carboxylic acids is 1. The molecule has 1 amide bonds. The fourth-order valence-corrected chi connectivity index (χ4v) is 5.38. The van der Waals surface area contributed by atoms with Crippen molar-refractivity contribution in [3.05, 3.63) is 58.0 Å². The fourth-order valence-electron chi connectivity index (χ4n) is 3.52. The van der Waals surface area contributed by atoms with E-state index in [0.717, 1.165) is 29.3 Å². The Morgan fingerprint density at radius 2 is 1.66 bits per heavy atom. The number of carbonyl (C=O) groups is 1. The molecular formula is C21H15Cl2F2N7O7S2. The summed E-state index contributed by atoms with van der Waals surface area (Å²) < 4.78 is 92.9. The first-order chi connectivity index (χ1) is 19.0. The summed E-state index contributed by atoms with van der Waals surface area (Å²) >= 11 is 11.7. The SMILES string of the molecule is CC1=NN(c2ccc(S(=O)(=O)O)c(Cl)c2)C(=O)C1N=Nc1cc(Nc2nc(F)nc(F)c2Cl)c(S(=O)(=O)O)cc1C. The second-order valence-corrected chi connectivity index (χ2v) is 11.8. The summed E-state index contributed by atoms with van der Waals surface area (Å²) in [5.41, 5.74) is -0.0956. The van der Waals surface area contributed by atoms with Gasteiger partial charge in [-0.1, -0.05) is 23.2 Å². The van der Waals surface area contributed by atoms with Crippen LogP contribution in [0.25, 0.3) is 0 Å². The van der Waals surface area contributed by atoms with Gasteiger partial charge in [-0.05, 0) is 49.7 Å². The van der Waals surface area contributed by atoms with Crippen LogP contribution in [0.15, 0.2) is 55.5 Å². The minimum atomic E-state index is -4.88. The summed E-state index contributed by atoms with van der Waals surface area (Å²) in [6, 6.07) is 4.02. The Hall–Kier alpha value is -3.68. The first kappa shape index (κ1) is 30.3. The van der Waals surface area contributed by atoms with Gasteiger partial charge in [-0.25, -0.2) is 0 Å². The summed E-state index contributed by atoms with van der Waals surface area (Å²) in [5.74, 6) is -2.81. The molecule has 20 heteroatoms. The van der Waals surface area contributed by atoms with Gasteiger partial charge in [-0.15, -0.1) is 0 Å². The molecule has 41 heavy (non-hydrogen) atoms. The second-order valence-electron chi connectivity index (χ2n) is 8.28. The van der Waals surface area contributed by atoms with E-state index in [9.17, 15) is 39.5 Å². The average Bonchev–Trinajstić information content (AvgIpc) is 3.13. The molecule has 3 aromatic rings. The highest BCUT2D eigenvalue weighted by Gasteiger charge is 2.35. The predicted molar refractivity (Wildman–Crippen MR) is 141 cm³/mol. The summed E-state index contributed by atoms with van der Waals surface area (Å²) in [6.45, 7) is 2.86. The predicted octanol–water partition coefficient (Wildman–Crippen LogP) is 4.48. The number of nitrogens with zero attached hydrogens (tertiary/aromatic N) is 6. The van der Waals surface area contributed by atoms with E-state index in [0.29, 0.717) is 0 Å². The standard InChI is InChI=1S/C21H15Cl2F2N7O7S2/c1-8-5-15(41(37,38)39)13(26-19-16(23)18(24)27-21(25)28-19)7-12(8)29-30-17-9(2)31-32(20(17)33)10-3-4-14(11(22)6-10)40(34,35)36/h3-7,17H,1-2H3,(H,26,27,28)(H,34,35,36)(H,37,38,39). The van der Waals surface area contributed by atoms with Gasteiger partial charge in [0.05, 0.1) is 27.8 Å². The third-order valence-corrected chi connectivity index (χ3v) is 7.99. The van der Waals surface area contributed by atoms with Gasteiger partial charge in [0.1, 0.15) is 14.8 Å². The summed E-state index contributed by atoms with van der Waals surface area (Å²) in [5, 5.41) is 14.1. The van der Waals surface area contributed by atoms with Crippen molar-refractivity contribution >= 4 is 77.9 Å². The molecule has 4 rings (SSSR count). The van der Waals surface area contributed by atoms with Crippen molar-refractivity contribution in [1.82, 2.24) is 9.97 Å². The molecule has 0 spiro atoms. The molecule has 1 unspecified atom stereocenters. The Morgan fingerprint density at radius 3 is 2.27 bits per heavy atom. The Labute approximate surface area is 240 Å². The van der Waals surface area contributed by atoms with Gasteiger partial charge in [-0.3, -0.25) is 13.9 Å². The molecule has 0 saturated carbocycles. The van der Waals surface area contributed by atoms with E-state index < -0.39 is 70.5 Å². The van der Waals surface area contributed by atoms with Crippen molar-refractivity contribution in [2.45, 2.75) is 29.7 Å². The molecule has 0 fully saturated rings. The molecule has 2 aromatic carbocycles. The molecular weight excluding hydrogens is 635 g/mol. The zero-order valence-electron chi connectivity index (χ0n) is 20.4. The highest BCUT2D eigenvalue weighted by atomic mass is 35.5. The minimum absolute atomic E-state index is 0.0365. The highest BCUT2D eigenvalue weighted by molar-refractivity contribution is 7.86. The first-order valence-corrected chi connectivity index (χ1v) is 14.5. The number of nitrogens with one attached hydrogen (secondary N) is 1. The topological polar surface area (TPSA) is 204 Å². The van der Waals surface area contributed by atoms with Crippen molar-refractivity contribution in [2.75, 3.05) is 10.3 Å². The molecule has 2 heterocycles. The van der Waals surface area contributed by atoms with E-state index in [1.807, 2.05) is 0 Å². The van der Waals surface area contributed by atoms with Crippen LogP contribution in [0, 0.1) is 18.9 Å². The van der Waals surface area contributed by atoms with Crippen LogP contribution in [0.4, 0.5) is 31.7 Å². The smallest absolute Gasteiger partial charge is 0.313 e. The lowest BCUT2D eigenvalue weighted by Crippen LogP contribution is -2.29. The van der Waals surface area contributed by atoms with Gasteiger partial charge < -0.3 is 5.32 Å². The van der Waals surface area contributed by atoms with E-state index in [4.69, 9.17) is 23.2 Å². The summed E-state index contributed by atoms with van der Waals surface area (Å²) in [7, 11) is -9.49. The maximum Gasteiger partial charge on any atom is 0.313 e. The van der Waals surface area contributed by atoms with Gasteiger partial charge in [-0.2, -0.15) is 55.9 Å². The number of hydrogen-bond donors (Lipinski definition) is 3. The van der Waals surface area contributed by atoms with Crippen LogP contribution in [-0.4, -0.2) is 53.6 Å². The lowest BCUT2D eigenvalue weighted by molar-refractivity contribution is -0.117. The van der Waals surface area contributed by atoms with Crippen LogP contribution >= 0.6 is 23.2 Å². The Bertz CT molecular complexity index is 1890. The molecule has 3 N–H and O–H groups in total. The fraction of sp³-hybridized carbons (Fsp3) is 0.143. The summed E-state index contributed by atoms with van der Waals surface area (Å²) in [4.78, 5) is 17.8. The Kier molecular flexibility index (Phi) is 8.09. The number of rotatable bonds is 7. The molecule has 216 valence electrons. The monoisotopic (exact) mass is 649 g/mol. The third-order valence-electron chi connectivity index (χ3n) is 5.43. The van der Waals surface area contributed by atoms with Gasteiger partial charge in [0.25, 0.3) is 26.1 Å². The number of azo groups is 1. The number of hydrogen-bond acceptors (Lipinski definition) is 11. The molecule has 0 saturated heterocycles. The van der Waals surface area contributed by atoms with Gasteiger partial charge in [0, 0.05) is 0 Å². The molecule has 0 aliphatic carbocycles. The van der Waals surface area contributed by atoms with Crippen LogP contribution in [0.1, 0.15) is 12.5 Å². The zero-order valence-corrected chi connectivity index (χ0v) is 23.6. The number of amides is 1. The van der Waals surface area contributed by atoms with Crippen molar-refractivity contribution < 1.29 is 39.5 Å². The van der Waals surface area contributed by atoms with Gasteiger partial charge in [0.2, 0.25) is 5.95 Å². The van der Waals surface area contributed by atoms with Crippen molar-refractivity contribution in [3.63, 3.8) is 0 Å². The summed E-state index contributed by atoms with van der Waals surface area (Å²) in [6.07, 6.45) is -1.51. The number of aromatic nitrogens is 2. The first-order valence-electron chi connectivity index (χ1n) is 10.8. The highest BCUT2D eigenvalue weighted by Crippen LogP contribution is 2.35. The van der Waals surface area contributed by atoms with Crippen LogP contribution < -0.4 is 10.3 Å². The maximum atomic E-state index is 13.8. The lowest BCUT2D eigenvalue weighted by atomic mass is 10.2. The molecule has 1 atom stereocenters. The number of benzene rings is 2. The Morgan fingerprint density at radius 1 is 1.00 bits per heavy atom. The van der Waals surface area contributed by atoms with Crippen LogP contribution in [0.5, 0.6) is 0 Å². The quantitative estimate of drug-likeness (QED) is 0.142. The van der Waals surface area contributed by atoms with Gasteiger partial charge in [0.15, 0.2) is 11.9 Å². The van der Waals surface area contributed by atoms with E-state index in [-0.39, 0.29) is 27.7 Å². The zero-order chi connectivity index (χ0) is 30.4. The molecule has 0 bridgehead atoms. The van der Waals surface area contributed by atoms with E-state index in [1.54, 1.807) is 0 Å². The third kappa shape index (κ3) is 6.31. The second kappa shape index (κ2) is 11.0. The minimum Gasteiger partial charge on any atom is -0.337 e. The van der Waals surface area contributed by atoms with E-state index in [1.165, 1.54) is 19.9 Å². The van der Waals surface area contributed by atoms with Crippen LogP contribution in [0.3, 0.4) is 0 Å². The van der Waals surface area contributed by atoms with Crippen molar-refractivity contribution in [2.24, 2.45) is 15.3 Å². The average molecular weight is 650 g/mol. The van der Waals surface area contributed by atoms with Crippen LogP contribution in [-0.2, 0) is 25.0 Å². The van der Waals surface area contributed by atoms with Crippen molar-refractivity contribution in [1.29, 1.82) is 0 Å². The molecule has 0 radical (unpaired) electrons. The lowest BCUT2D eigenvalue weighted by Gasteiger charge is -2.14. The number of aryl methyl sites for hydroxylation is 1. The van der Waals surface area contributed by atoms with E-state index >= 15 is 0 Å². The normalized spacial score (nSPS) is 16.0.